The summed E-state index contributed by atoms with van der Waals surface area (Å²) in [5.74, 6) is -1.12. The predicted molar refractivity (Wildman–Crippen MR) is 110 cm³/mol. The van der Waals surface area contributed by atoms with Gasteiger partial charge >= 0.3 is 5.97 Å². The molecule has 1 heterocycles. The van der Waals surface area contributed by atoms with Crippen LogP contribution in [0.3, 0.4) is 0 Å². The van der Waals surface area contributed by atoms with E-state index in [2.05, 4.69) is 5.32 Å². The number of para-hydroxylation sites is 1. The summed E-state index contributed by atoms with van der Waals surface area (Å²) < 4.78 is 19.1. The van der Waals surface area contributed by atoms with Crippen molar-refractivity contribution in [3.05, 3.63) is 59.9 Å². The topological polar surface area (TPSA) is 75.7 Å². The molecule has 0 aliphatic carbocycles. The standard InChI is InChI=1S/C21H21FN2O4S/c1-2-28-20(27)11-10-18(25)23-15-7-5-6-14(12-15)21-24(19(26)13-29-21)17-9-4-3-8-16(17)22/h3-9,12,21H,2,10-11,13H2,1H3,(H,23,25)/t21-/m1/s1. The molecule has 0 aromatic heterocycles. The number of nitrogens with one attached hydrogen (secondary N) is 1. The molecule has 0 spiro atoms. The van der Waals surface area contributed by atoms with Gasteiger partial charge in [0.25, 0.3) is 0 Å². The average Bonchev–Trinajstić information content (AvgIpc) is 3.08. The Hall–Kier alpha value is -2.87. The number of benzene rings is 2. The van der Waals surface area contributed by atoms with Crippen LogP contribution in [0.1, 0.15) is 30.7 Å². The Bertz CT molecular complexity index is 921. The van der Waals surface area contributed by atoms with Crippen LogP contribution in [0.2, 0.25) is 0 Å². The molecule has 2 amide bonds. The minimum absolute atomic E-state index is 0.00735. The van der Waals surface area contributed by atoms with Gasteiger partial charge in [0.1, 0.15) is 11.2 Å². The molecule has 1 aliphatic rings. The van der Waals surface area contributed by atoms with Crippen LogP contribution in [-0.2, 0) is 19.1 Å². The molecular formula is C21H21FN2O4S. The zero-order valence-corrected chi connectivity index (χ0v) is 16.7. The van der Waals surface area contributed by atoms with Crippen LogP contribution in [0.5, 0.6) is 0 Å². The maximum Gasteiger partial charge on any atom is 0.306 e. The second-order valence-corrected chi connectivity index (χ2v) is 7.43. The van der Waals surface area contributed by atoms with Gasteiger partial charge in [0.15, 0.2) is 0 Å². The van der Waals surface area contributed by atoms with E-state index in [-0.39, 0.29) is 42.7 Å². The number of esters is 1. The Kier molecular flexibility index (Phi) is 6.87. The lowest BCUT2D eigenvalue weighted by Crippen LogP contribution is -2.28. The van der Waals surface area contributed by atoms with E-state index >= 15 is 0 Å². The molecule has 2 aromatic carbocycles. The predicted octanol–water partition coefficient (Wildman–Crippen LogP) is 3.89. The van der Waals surface area contributed by atoms with Crippen LogP contribution in [0, 0.1) is 5.82 Å². The lowest BCUT2D eigenvalue weighted by atomic mass is 10.1. The number of anilines is 2. The van der Waals surface area contributed by atoms with Crippen molar-refractivity contribution in [2.24, 2.45) is 0 Å². The van der Waals surface area contributed by atoms with Gasteiger partial charge in [0, 0.05) is 12.1 Å². The lowest BCUT2D eigenvalue weighted by Gasteiger charge is -2.25. The summed E-state index contributed by atoms with van der Waals surface area (Å²) >= 11 is 1.40. The third kappa shape index (κ3) is 5.14. The van der Waals surface area contributed by atoms with Gasteiger partial charge in [-0.1, -0.05) is 24.3 Å². The first-order valence-electron chi connectivity index (χ1n) is 9.23. The van der Waals surface area contributed by atoms with E-state index in [4.69, 9.17) is 4.74 Å². The molecule has 152 valence electrons. The first-order valence-corrected chi connectivity index (χ1v) is 10.3. The Balaban J connectivity index is 1.73. The number of nitrogens with zero attached hydrogens (tertiary/aromatic N) is 1. The number of carbonyl (C=O) groups is 3. The van der Waals surface area contributed by atoms with Crippen molar-refractivity contribution in [3.8, 4) is 0 Å². The molecule has 29 heavy (non-hydrogen) atoms. The van der Waals surface area contributed by atoms with E-state index in [9.17, 15) is 18.8 Å². The third-order valence-electron chi connectivity index (χ3n) is 4.30. The first kappa shape index (κ1) is 20.9. The quantitative estimate of drug-likeness (QED) is 0.693. The molecule has 0 bridgehead atoms. The molecule has 0 radical (unpaired) electrons. The fourth-order valence-electron chi connectivity index (χ4n) is 3.02. The number of halogens is 1. The minimum Gasteiger partial charge on any atom is -0.466 e. The molecule has 0 saturated carbocycles. The van der Waals surface area contributed by atoms with Crippen molar-refractivity contribution in [3.63, 3.8) is 0 Å². The van der Waals surface area contributed by atoms with Gasteiger partial charge in [0.05, 0.1) is 24.5 Å². The maximum absolute atomic E-state index is 14.3. The van der Waals surface area contributed by atoms with Crippen molar-refractivity contribution in [1.29, 1.82) is 0 Å². The van der Waals surface area contributed by atoms with Crippen LogP contribution in [0.15, 0.2) is 48.5 Å². The summed E-state index contributed by atoms with van der Waals surface area (Å²) in [6, 6.07) is 13.2. The molecule has 8 heteroatoms. The number of amides is 2. The third-order valence-corrected chi connectivity index (χ3v) is 5.51. The van der Waals surface area contributed by atoms with Gasteiger partial charge < -0.3 is 10.1 Å². The van der Waals surface area contributed by atoms with Crippen LogP contribution in [0.4, 0.5) is 15.8 Å². The average molecular weight is 416 g/mol. The van der Waals surface area contributed by atoms with Crippen molar-refractivity contribution in [2.45, 2.75) is 25.1 Å². The Labute approximate surface area is 172 Å². The van der Waals surface area contributed by atoms with Crippen molar-refractivity contribution in [2.75, 3.05) is 22.6 Å². The summed E-state index contributed by atoms with van der Waals surface area (Å²) in [4.78, 5) is 37.3. The van der Waals surface area contributed by atoms with Gasteiger partial charge in [0.2, 0.25) is 11.8 Å². The summed E-state index contributed by atoms with van der Waals surface area (Å²) in [6.45, 7) is 1.98. The summed E-state index contributed by atoms with van der Waals surface area (Å²) in [5.41, 5.74) is 1.55. The highest BCUT2D eigenvalue weighted by Gasteiger charge is 2.35. The zero-order chi connectivity index (χ0) is 20.8. The van der Waals surface area contributed by atoms with Gasteiger partial charge in [-0.15, -0.1) is 11.8 Å². The molecule has 3 rings (SSSR count). The lowest BCUT2D eigenvalue weighted by molar-refractivity contribution is -0.144. The van der Waals surface area contributed by atoms with Crippen LogP contribution < -0.4 is 10.2 Å². The summed E-state index contributed by atoms with van der Waals surface area (Å²) in [5, 5.41) is 2.35. The van der Waals surface area contributed by atoms with E-state index in [1.165, 1.54) is 22.7 Å². The fourth-order valence-corrected chi connectivity index (χ4v) is 4.18. The van der Waals surface area contributed by atoms with Crippen molar-refractivity contribution >= 4 is 40.9 Å². The smallest absolute Gasteiger partial charge is 0.306 e. The molecular weight excluding hydrogens is 395 g/mol. The van der Waals surface area contributed by atoms with Crippen LogP contribution >= 0.6 is 11.8 Å². The Morgan fingerprint density at radius 2 is 2.00 bits per heavy atom. The highest BCUT2D eigenvalue weighted by molar-refractivity contribution is 8.00. The largest absolute Gasteiger partial charge is 0.466 e. The molecule has 1 fully saturated rings. The monoisotopic (exact) mass is 416 g/mol. The number of ether oxygens (including phenoxy) is 1. The van der Waals surface area contributed by atoms with Crippen LogP contribution in [0.25, 0.3) is 0 Å². The molecule has 2 aromatic rings. The summed E-state index contributed by atoms with van der Waals surface area (Å²) in [6.07, 6.45) is 0.0223. The Morgan fingerprint density at radius 1 is 1.21 bits per heavy atom. The second kappa shape index (κ2) is 9.56. The molecule has 0 unspecified atom stereocenters. The van der Waals surface area contributed by atoms with Gasteiger partial charge in [-0.3, -0.25) is 19.3 Å². The molecule has 1 N–H and O–H groups in total. The van der Waals surface area contributed by atoms with Crippen LogP contribution in [-0.4, -0.2) is 30.1 Å². The number of carbonyl (C=O) groups excluding carboxylic acids is 3. The maximum atomic E-state index is 14.3. The molecule has 6 nitrogen and oxygen atoms in total. The number of rotatable bonds is 7. The van der Waals surface area contributed by atoms with E-state index in [1.54, 1.807) is 43.3 Å². The molecule has 1 saturated heterocycles. The van der Waals surface area contributed by atoms with E-state index in [1.807, 2.05) is 6.07 Å². The first-order chi connectivity index (χ1) is 14.0. The summed E-state index contributed by atoms with van der Waals surface area (Å²) in [7, 11) is 0. The second-order valence-electron chi connectivity index (χ2n) is 6.36. The minimum atomic E-state index is -0.461. The highest BCUT2D eigenvalue weighted by Crippen LogP contribution is 2.42. The normalized spacial score (nSPS) is 16.0. The van der Waals surface area contributed by atoms with Crippen molar-refractivity contribution in [1.82, 2.24) is 0 Å². The van der Waals surface area contributed by atoms with Gasteiger partial charge in [-0.25, -0.2) is 4.39 Å². The van der Waals surface area contributed by atoms with Gasteiger partial charge in [-0.05, 0) is 36.8 Å². The molecule has 1 aliphatic heterocycles. The van der Waals surface area contributed by atoms with E-state index < -0.39 is 17.2 Å². The fraction of sp³-hybridized carbons (Fsp3) is 0.286. The Morgan fingerprint density at radius 3 is 2.76 bits per heavy atom. The number of hydrogen-bond donors (Lipinski definition) is 1. The SMILES string of the molecule is CCOC(=O)CCC(=O)Nc1cccc([C@H]2SCC(=O)N2c2ccccc2F)c1. The number of hydrogen-bond acceptors (Lipinski definition) is 5. The highest BCUT2D eigenvalue weighted by atomic mass is 32.2. The van der Waals surface area contributed by atoms with Gasteiger partial charge in [-0.2, -0.15) is 0 Å². The van der Waals surface area contributed by atoms with Crippen molar-refractivity contribution < 1.29 is 23.5 Å². The molecule has 1 atom stereocenters. The zero-order valence-electron chi connectivity index (χ0n) is 15.9. The van der Waals surface area contributed by atoms with E-state index in [0.29, 0.717) is 5.69 Å². The number of thioether (sulfide) groups is 1. The van der Waals surface area contributed by atoms with E-state index in [0.717, 1.165) is 5.56 Å².